The van der Waals surface area contributed by atoms with E-state index in [-0.39, 0.29) is 6.61 Å². The number of methoxy groups -OCH3 is 1. The highest BCUT2D eigenvalue weighted by atomic mass is 31.2. The van der Waals surface area contributed by atoms with Crippen LogP contribution >= 0.6 is 22.8 Å². The van der Waals surface area contributed by atoms with E-state index in [9.17, 15) is 42.8 Å². The average Bonchev–Trinajstić information content (AvgIpc) is 2.71. The molecule has 8 atom stereocenters. The van der Waals surface area contributed by atoms with Crippen LogP contribution in [-0.2, 0) is 55.9 Å². The second kappa shape index (κ2) is 14.9. The van der Waals surface area contributed by atoms with Crippen molar-refractivity contribution < 1.29 is 85.9 Å². The minimum atomic E-state index is -5.16. The molecule has 3 unspecified atom stereocenters. The second-order valence-electron chi connectivity index (χ2n) is 7.99. The van der Waals surface area contributed by atoms with Crippen LogP contribution in [0.5, 0.6) is 0 Å². The van der Waals surface area contributed by atoms with Crippen molar-refractivity contribution in [1.82, 2.24) is 0 Å². The number of carboxylic acid groups (broad SMARTS) is 3. The van der Waals surface area contributed by atoms with Crippen molar-refractivity contribution in [2.45, 2.75) is 50.5 Å². The molecule has 0 amide bonds. The van der Waals surface area contributed by atoms with E-state index in [0.29, 0.717) is 12.8 Å². The molecule has 0 bridgehead atoms. The Morgan fingerprint density at radius 1 is 0.763 bits per heavy atom. The van der Waals surface area contributed by atoms with Gasteiger partial charge >= 0.3 is 40.7 Å². The molecular weight excluding hydrogens is 585 g/mol. The number of carboxylic acids is 3. The number of unbranched alkanes of at least 4 members (excludes halogenated alkanes) is 1. The highest BCUT2D eigenvalue weighted by Gasteiger charge is 2.55. The van der Waals surface area contributed by atoms with E-state index >= 15 is 0 Å². The summed E-state index contributed by atoms with van der Waals surface area (Å²) in [7, 11) is -14.3. The fourth-order valence-electron chi connectivity index (χ4n) is 3.20. The molecular formula is C17H31O18P3. The standard InChI is InChI=1S/C17H31O18P3/c1-3-4-5-31-6-10-14(33-36(24,25)7-11(18)19)15(34-37(26,27)8-12(20)21)16(17(30-2)32-10)35-38(28,29)9-13(22)23/h10,14-17H,3-9H2,1-2H3,(H,18,19)(H,20,21)(H,22,23)(H,24,25)(H,26,27)(H,28,29)/t10-,14-,15+,16-,17+/m1/s1. The minimum absolute atomic E-state index is 0.139. The van der Waals surface area contributed by atoms with Gasteiger partial charge < -0.3 is 44.2 Å². The lowest BCUT2D eigenvalue weighted by Gasteiger charge is -2.45. The molecule has 1 fully saturated rings. The molecule has 1 aliphatic rings. The largest absolute Gasteiger partial charge is 0.481 e. The van der Waals surface area contributed by atoms with Gasteiger partial charge in [-0.15, -0.1) is 0 Å². The second-order valence-corrected chi connectivity index (χ2v) is 13.4. The summed E-state index contributed by atoms with van der Waals surface area (Å²) in [5.74, 6) is -5.37. The first-order valence-electron chi connectivity index (χ1n) is 10.8. The summed E-state index contributed by atoms with van der Waals surface area (Å²) in [6, 6.07) is 0. The van der Waals surface area contributed by atoms with Crippen LogP contribution in [-0.4, -0.2) is 117 Å². The molecule has 0 radical (unpaired) electrons. The van der Waals surface area contributed by atoms with Crippen LogP contribution in [0.1, 0.15) is 19.8 Å². The van der Waals surface area contributed by atoms with Gasteiger partial charge in [-0.3, -0.25) is 41.6 Å². The third-order valence-electron chi connectivity index (χ3n) is 4.61. The monoisotopic (exact) mass is 616 g/mol. The Morgan fingerprint density at radius 2 is 1.18 bits per heavy atom. The van der Waals surface area contributed by atoms with Crippen molar-refractivity contribution in [2.24, 2.45) is 0 Å². The van der Waals surface area contributed by atoms with Crippen LogP contribution < -0.4 is 0 Å². The number of carbonyl (C=O) groups is 3. The van der Waals surface area contributed by atoms with Gasteiger partial charge in [0.1, 0.15) is 42.9 Å². The van der Waals surface area contributed by atoms with Gasteiger partial charge in [-0.25, -0.2) is 0 Å². The summed E-state index contributed by atoms with van der Waals surface area (Å²) in [6.45, 7) is 1.52. The van der Waals surface area contributed by atoms with E-state index in [1.165, 1.54) is 0 Å². The van der Waals surface area contributed by atoms with E-state index in [2.05, 4.69) is 0 Å². The van der Waals surface area contributed by atoms with Crippen molar-refractivity contribution in [3.8, 4) is 0 Å². The summed E-state index contributed by atoms with van der Waals surface area (Å²) in [6.07, 6.45) is -12.9. The quantitative estimate of drug-likeness (QED) is 0.0882. The first-order valence-corrected chi connectivity index (χ1v) is 16.1. The van der Waals surface area contributed by atoms with E-state index < -0.39 is 96.5 Å². The topological polar surface area (TPSA) is 279 Å². The highest BCUT2D eigenvalue weighted by molar-refractivity contribution is 7.54. The Hall–Kier alpha value is -1.26. The maximum absolute atomic E-state index is 12.5. The summed E-state index contributed by atoms with van der Waals surface area (Å²) in [4.78, 5) is 63.4. The first-order chi connectivity index (χ1) is 17.4. The molecule has 0 saturated carbocycles. The molecule has 0 aromatic carbocycles. The van der Waals surface area contributed by atoms with Gasteiger partial charge in [-0.1, -0.05) is 13.3 Å². The van der Waals surface area contributed by atoms with Gasteiger partial charge in [0, 0.05) is 13.7 Å². The van der Waals surface area contributed by atoms with Gasteiger partial charge in [0.2, 0.25) is 0 Å². The molecule has 1 saturated heterocycles. The lowest BCUT2D eigenvalue weighted by molar-refractivity contribution is -0.284. The summed E-state index contributed by atoms with van der Waals surface area (Å²) >= 11 is 0. The van der Waals surface area contributed by atoms with Crippen LogP contribution in [0.2, 0.25) is 0 Å². The Balaban J connectivity index is 3.60. The number of hydrogen-bond acceptors (Lipinski definition) is 12. The molecule has 0 aromatic rings. The third kappa shape index (κ3) is 12.3. The summed E-state index contributed by atoms with van der Waals surface area (Å²) in [5, 5.41) is 26.8. The molecule has 0 spiro atoms. The number of ether oxygens (including phenoxy) is 3. The van der Waals surface area contributed by atoms with Crippen molar-refractivity contribution >= 4 is 40.7 Å². The van der Waals surface area contributed by atoms with E-state index in [1.54, 1.807) is 0 Å². The van der Waals surface area contributed by atoms with Crippen molar-refractivity contribution in [1.29, 1.82) is 0 Å². The van der Waals surface area contributed by atoms with Crippen LogP contribution in [0.4, 0.5) is 0 Å². The molecule has 0 aromatic heterocycles. The van der Waals surface area contributed by atoms with Gasteiger partial charge in [0.15, 0.2) is 6.29 Å². The van der Waals surface area contributed by atoms with Crippen molar-refractivity contribution in [3.63, 3.8) is 0 Å². The predicted molar refractivity (Wildman–Crippen MR) is 123 cm³/mol. The lowest BCUT2D eigenvalue weighted by Crippen LogP contribution is -2.61. The van der Waals surface area contributed by atoms with Crippen LogP contribution in [0.25, 0.3) is 0 Å². The first kappa shape index (κ1) is 34.8. The number of aliphatic carboxylic acids is 3. The molecule has 38 heavy (non-hydrogen) atoms. The van der Waals surface area contributed by atoms with E-state index in [1.807, 2.05) is 6.92 Å². The van der Waals surface area contributed by atoms with E-state index in [0.717, 1.165) is 7.11 Å². The maximum Gasteiger partial charge on any atom is 0.339 e. The molecule has 1 heterocycles. The number of hydrogen-bond donors (Lipinski definition) is 6. The highest BCUT2D eigenvalue weighted by Crippen LogP contribution is 2.53. The zero-order chi connectivity index (χ0) is 29.3. The minimum Gasteiger partial charge on any atom is -0.481 e. The van der Waals surface area contributed by atoms with Crippen LogP contribution in [0.15, 0.2) is 0 Å². The third-order valence-corrected chi connectivity index (χ3v) is 8.34. The molecule has 1 rings (SSSR count). The molecule has 6 N–H and O–H groups in total. The number of rotatable bonds is 18. The Labute approximate surface area is 216 Å². The maximum atomic E-state index is 12.5. The molecule has 0 aliphatic carbocycles. The lowest BCUT2D eigenvalue weighted by atomic mass is 9.99. The van der Waals surface area contributed by atoms with Gasteiger partial charge in [-0.2, -0.15) is 0 Å². The predicted octanol–water partition coefficient (Wildman–Crippen LogP) is 0.140. The van der Waals surface area contributed by atoms with E-state index in [4.69, 9.17) is 43.1 Å². The van der Waals surface area contributed by atoms with Gasteiger partial charge in [-0.05, 0) is 6.42 Å². The van der Waals surface area contributed by atoms with Crippen molar-refractivity contribution in [2.75, 3.05) is 38.8 Å². The van der Waals surface area contributed by atoms with Crippen LogP contribution in [0, 0.1) is 0 Å². The fourth-order valence-corrected chi connectivity index (χ4v) is 6.31. The van der Waals surface area contributed by atoms with Gasteiger partial charge in [0.25, 0.3) is 0 Å². The zero-order valence-electron chi connectivity index (χ0n) is 20.3. The molecule has 18 nitrogen and oxygen atoms in total. The normalized spacial score (nSPS) is 28.5. The molecule has 222 valence electrons. The SMILES string of the molecule is CCCCOC[C@H]1O[C@H](OC)[C@H](OP(=O)(O)CC(=O)O)[C@@H](OP(=O)(O)CC(=O)O)[C@@H]1OP(=O)(O)CC(=O)O. The molecule has 1 aliphatic heterocycles. The van der Waals surface area contributed by atoms with Gasteiger partial charge in [0.05, 0.1) is 6.61 Å². The van der Waals surface area contributed by atoms with Crippen molar-refractivity contribution in [3.05, 3.63) is 0 Å². The Morgan fingerprint density at radius 3 is 1.58 bits per heavy atom. The Kier molecular flexibility index (Phi) is 13.7. The average molecular weight is 616 g/mol. The smallest absolute Gasteiger partial charge is 0.339 e. The summed E-state index contributed by atoms with van der Waals surface area (Å²) < 4.78 is 68.5. The van der Waals surface area contributed by atoms with Crippen LogP contribution in [0.3, 0.4) is 0 Å². The Bertz CT molecular complexity index is 970. The fraction of sp³-hybridized carbons (Fsp3) is 0.824. The zero-order valence-corrected chi connectivity index (χ0v) is 22.9. The molecule has 21 heteroatoms. The summed E-state index contributed by atoms with van der Waals surface area (Å²) in [5.41, 5.74) is 0.